The minimum atomic E-state index is 0.185. The van der Waals surface area contributed by atoms with Crippen molar-refractivity contribution in [3.63, 3.8) is 0 Å². The van der Waals surface area contributed by atoms with Crippen LogP contribution in [0.25, 0.3) is 0 Å². The topological polar surface area (TPSA) is 22.1 Å². The van der Waals surface area contributed by atoms with Gasteiger partial charge in [-0.1, -0.05) is 0 Å². The molecule has 0 spiro atoms. The van der Waals surface area contributed by atoms with Crippen molar-refractivity contribution < 1.29 is 4.74 Å². The number of aryl methyl sites for hydroxylation is 1. The molecule has 1 aromatic rings. The van der Waals surface area contributed by atoms with E-state index in [0.717, 1.165) is 11.4 Å². The summed E-state index contributed by atoms with van der Waals surface area (Å²) in [4.78, 5) is 4.25. The van der Waals surface area contributed by atoms with Crippen LogP contribution in [0.2, 0.25) is 0 Å². The van der Waals surface area contributed by atoms with Crippen LogP contribution in [-0.4, -0.2) is 11.1 Å². The molecular formula is C10H14INO. The fourth-order valence-corrected chi connectivity index (χ4v) is 1.41. The van der Waals surface area contributed by atoms with Crippen LogP contribution in [0.4, 0.5) is 0 Å². The van der Waals surface area contributed by atoms with Gasteiger partial charge in [0, 0.05) is 15.3 Å². The molecule has 0 bridgehead atoms. The lowest BCUT2D eigenvalue weighted by Gasteiger charge is -2.12. The van der Waals surface area contributed by atoms with Gasteiger partial charge >= 0.3 is 0 Å². The number of halogens is 1. The van der Waals surface area contributed by atoms with Crippen LogP contribution in [0.5, 0.6) is 5.88 Å². The zero-order chi connectivity index (χ0) is 10.0. The Morgan fingerprint density at radius 3 is 2.54 bits per heavy atom. The molecule has 0 aromatic carbocycles. The lowest BCUT2D eigenvalue weighted by Crippen LogP contribution is -2.09. The number of aromatic nitrogens is 1. The van der Waals surface area contributed by atoms with Crippen molar-refractivity contribution >= 4 is 22.6 Å². The average molecular weight is 291 g/mol. The van der Waals surface area contributed by atoms with Crippen LogP contribution in [-0.2, 0) is 0 Å². The van der Waals surface area contributed by atoms with Crippen molar-refractivity contribution in [2.75, 3.05) is 0 Å². The summed E-state index contributed by atoms with van der Waals surface area (Å²) in [5.41, 5.74) is 2.34. The molecule has 13 heavy (non-hydrogen) atoms. The molecule has 1 aromatic heterocycles. The van der Waals surface area contributed by atoms with E-state index in [0.29, 0.717) is 0 Å². The zero-order valence-corrected chi connectivity index (χ0v) is 10.5. The van der Waals surface area contributed by atoms with Gasteiger partial charge in [-0.2, -0.15) is 0 Å². The summed E-state index contributed by atoms with van der Waals surface area (Å²) in [7, 11) is 0. The maximum Gasteiger partial charge on any atom is 0.217 e. The highest BCUT2D eigenvalue weighted by Gasteiger charge is 2.08. The van der Waals surface area contributed by atoms with Gasteiger partial charge in [0.25, 0.3) is 0 Å². The smallest absolute Gasteiger partial charge is 0.217 e. The van der Waals surface area contributed by atoms with Crippen LogP contribution in [0.3, 0.4) is 0 Å². The number of pyridine rings is 1. The minimum Gasteiger partial charge on any atom is -0.475 e. The maximum atomic E-state index is 5.56. The first-order chi connectivity index (χ1) is 6.02. The second-order valence-electron chi connectivity index (χ2n) is 3.35. The summed E-state index contributed by atoms with van der Waals surface area (Å²) in [5.74, 6) is 0.755. The van der Waals surface area contributed by atoms with Gasteiger partial charge in [-0.3, -0.25) is 0 Å². The molecule has 0 radical (unpaired) electrons. The van der Waals surface area contributed by atoms with Gasteiger partial charge in [0.05, 0.1) is 6.10 Å². The Morgan fingerprint density at radius 1 is 1.38 bits per heavy atom. The van der Waals surface area contributed by atoms with Crippen molar-refractivity contribution in [1.82, 2.24) is 4.98 Å². The Kier molecular flexibility index (Phi) is 3.53. The fraction of sp³-hybridized carbons (Fsp3) is 0.500. The first kappa shape index (κ1) is 10.8. The first-order valence-corrected chi connectivity index (χ1v) is 5.38. The summed E-state index contributed by atoms with van der Waals surface area (Å²) in [6.45, 7) is 8.11. The second-order valence-corrected chi connectivity index (χ2v) is 4.43. The van der Waals surface area contributed by atoms with E-state index in [1.165, 1.54) is 9.13 Å². The van der Waals surface area contributed by atoms with Crippen molar-refractivity contribution in [1.29, 1.82) is 0 Å². The van der Waals surface area contributed by atoms with Crippen molar-refractivity contribution in [3.05, 3.63) is 20.9 Å². The number of rotatable bonds is 2. The van der Waals surface area contributed by atoms with E-state index in [1.807, 2.05) is 27.0 Å². The summed E-state index contributed by atoms with van der Waals surface area (Å²) in [5, 5.41) is 0. The van der Waals surface area contributed by atoms with Gasteiger partial charge in [-0.25, -0.2) is 4.98 Å². The largest absolute Gasteiger partial charge is 0.475 e. The predicted molar refractivity (Wildman–Crippen MR) is 62.2 cm³/mol. The Hall–Kier alpha value is -0.320. The molecule has 0 aliphatic rings. The highest BCUT2D eigenvalue weighted by molar-refractivity contribution is 14.1. The van der Waals surface area contributed by atoms with E-state index < -0.39 is 0 Å². The Morgan fingerprint density at radius 2 is 2.00 bits per heavy atom. The molecule has 0 aliphatic carbocycles. The van der Waals surface area contributed by atoms with Crippen molar-refractivity contribution in [2.45, 2.75) is 33.8 Å². The Balaban J connectivity index is 3.04. The molecule has 0 fully saturated rings. The maximum absolute atomic E-state index is 5.56. The number of hydrogen-bond acceptors (Lipinski definition) is 2. The molecule has 0 saturated heterocycles. The molecule has 1 heterocycles. The van der Waals surface area contributed by atoms with E-state index in [2.05, 4.69) is 34.5 Å². The summed E-state index contributed by atoms with van der Waals surface area (Å²) >= 11 is 2.32. The van der Waals surface area contributed by atoms with Gasteiger partial charge in [-0.15, -0.1) is 0 Å². The van der Waals surface area contributed by atoms with E-state index in [1.54, 1.807) is 0 Å². The first-order valence-electron chi connectivity index (χ1n) is 4.30. The molecule has 1 rings (SSSR count). The molecule has 2 nitrogen and oxygen atoms in total. The average Bonchev–Trinajstić information content (AvgIpc) is 2.06. The highest BCUT2D eigenvalue weighted by Crippen LogP contribution is 2.23. The number of ether oxygens (including phenoxy) is 1. The zero-order valence-electron chi connectivity index (χ0n) is 8.39. The van der Waals surface area contributed by atoms with Gasteiger partial charge in [0.15, 0.2) is 0 Å². The van der Waals surface area contributed by atoms with E-state index in [-0.39, 0.29) is 6.10 Å². The standard InChI is InChI=1S/C10H14INO/c1-6(2)13-10-8(4)9(11)7(3)5-12-10/h5-6H,1-4H3. The molecule has 0 N–H and O–H groups in total. The van der Waals surface area contributed by atoms with Crippen LogP contribution in [0.15, 0.2) is 6.20 Å². The quantitative estimate of drug-likeness (QED) is 0.781. The lowest BCUT2D eigenvalue weighted by molar-refractivity contribution is 0.230. The van der Waals surface area contributed by atoms with Crippen LogP contribution in [0, 0.1) is 17.4 Å². The third kappa shape index (κ3) is 2.56. The van der Waals surface area contributed by atoms with Crippen molar-refractivity contribution in [3.8, 4) is 5.88 Å². The highest BCUT2D eigenvalue weighted by atomic mass is 127. The van der Waals surface area contributed by atoms with Gasteiger partial charge in [0.1, 0.15) is 0 Å². The predicted octanol–water partition coefficient (Wildman–Crippen LogP) is 3.09. The molecule has 0 saturated carbocycles. The normalized spacial score (nSPS) is 10.6. The minimum absolute atomic E-state index is 0.185. The van der Waals surface area contributed by atoms with Gasteiger partial charge in [-0.05, 0) is 55.8 Å². The summed E-state index contributed by atoms with van der Waals surface area (Å²) < 4.78 is 6.80. The van der Waals surface area contributed by atoms with E-state index in [9.17, 15) is 0 Å². The molecule has 0 amide bonds. The monoisotopic (exact) mass is 291 g/mol. The molecular weight excluding hydrogens is 277 g/mol. The third-order valence-electron chi connectivity index (χ3n) is 1.72. The number of nitrogens with zero attached hydrogens (tertiary/aromatic N) is 1. The SMILES string of the molecule is Cc1cnc(OC(C)C)c(C)c1I. The van der Waals surface area contributed by atoms with E-state index in [4.69, 9.17) is 4.74 Å². The van der Waals surface area contributed by atoms with Gasteiger partial charge < -0.3 is 4.74 Å². The van der Waals surface area contributed by atoms with Gasteiger partial charge in [0.2, 0.25) is 5.88 Å². The summed E-state index contributed by atoms with van der Waals surface area (Å²) in [6, 6.07) is 0. The molecule has 3 heteroatoms. The van der Waals surface area contributed by atoms with Crippen molar-refractivity contribution in [2.24, 2.45) is 0 Å². The molecule has 0 unspecified atom stereocenters. The van der Waals surface area contributed by atoms with Crippen LogP contribution in [0.1, 0.15) is 25.0 Å². The third-order valence-corrected chi connectivity index (χ3v) is 3.38. The van der Waals surface area contributed by atoms with E-state index >= 15 is 0 Å². The molecule has 0 atom stereocenters. The Bertz CT molecular complexity index is 310. The molecule has 72 valence electrons. The summed E-state index contributed by atoms with van der Waals surface area (Å²) in [6.07, 6.45) is 2.04. The van der Waals surface area contributed by atoms with Crippen LogP contribution < -0.4 is 4.74 Å². The lowest BCUT2D eigenvalue weighted by atomic mass is 10.2. The van der Waals surface area contributed by atoms with Crippen LogP contribution >= 0.6 is 22.6 Å². The Labute approximate surface area is 92.9 Å². The fourth-order valence-electron chi connectivity index (χ4n) is 1.04. The number of hydrogen-bond donors (Lipinski definition) is 0. The second kappa shape index (κ2) is 4.26. The molecule has 0 aliphatic heterocycles.